The lowest BCUT2D eigenvalue weighted by Crippen LogP contribution is -2.36. The Morgan fingerprint density at radius 3 is 3.12 bits per heavy atom. The molecular formula is C12H18ClN3. The van der Waals surface area contributed by atoms with Crippen LogP contribution in [-0.4, -0.2) is 23.1 Å². The van der Waals surface area contributed by atoms with Gasteiger partial charge in [0.2, 0.25) is 5.28 Å². The number of piperidine rings is 1. The number of aryl methyl sites for hydroxylation is 1. The van der Waals surface area contributed by atoms with Crippen LogP contribution in [0.5, 0.6) is 0 Å². The van der Waals surface area contributed by atoms with Gasteiger partial charge in [0.1, 0.15) is 5.82 Å². The van der Waals surface area contributed by atoms with Crippen molar-refractivity contribution >= 4 is 17.4 Å². The van der Waals surface area contributed by atoms with Crippen LogP contribution in [0.15, 0.2) is 6.20 Å². The third kappa shape index (κ3) is 2.46. The van der Waals surface area contributed by atoms with Gasteiger partial charge in [-0.3, -0.25) is 0 Å². The van der Waals surface area contributed by atoms with Crippen LogP contribution in [0, 0.1) is 12.8 Å². The standard InChI is InChI=1S/C12H18ClN3/c1-3-10-5-4-6-16(8-10)11-9(2)7-14-12(13)15-11/h7,10H,3-6,8H2,1-2H3. The van der Waals surface area contributed by atoms with Crippen molar-refractivity contribution in [2.24, 2.45) is 5.92 Å². The number of hydrogen-bond donors (Lipinski definition) is 0. The van der Waals surface area contributed by atoms with Crippen LogP contribution in [0.1, 0.15) is 31.7 Å². The highest BCUT2D eigenvalue weighted by Crippen LogP contribution is 2.26. The van der Waals surface area contributed by atoms with Crippen molar-refractivity contribution in [3.05, 3.63) is 17.0 Å². The quantitative estimate of drug-likeness (QED) is 0.743. The fraction of sp³-hybridized carbons (Fsp3) is 0.667. The molecule has 4 heteroatoms. The molecule has 0 spiro atoms. The molecule has 1 aromatic heterocycles. The maximum Gasteiger partial charge on any atom is 0.224 e. The second-order valence-electron chi connectivity index (χ2n) is 4.51. The average Bonchev–Trinajstić information content (AvgIpc) is 2.32. The Kier molecular flexibility index (Phi) is 3.64. The molecule has 1 aliphatic rings. The molecule has 88 valence electrons. The van der Waals surface area contributed by atoms with Crippen molar-refractivity contribution in [2.75, 3.05) is 18.0 Å². The average molecular weight is 240 g/mol. The molecule has 0 radical (unpaired) electrons. The molecule has 1 aromatic rings. The lowest BCUT2D eigenvalue weighted by atomic mass is 9.95. The summed E-state index contributed by atoms with van der Waals surface area (Å²) in [5.74, 6) is 1.81. The normalized spacial score (nSPS) is 21.2. The van der Waals surface area contributed by atoms with Crippen molar-refractivity contribution in [3.8, 4) is 0 Å². The smallest absolute Gasteiger partial charge is 0.224 e. The highest BCUT2D eigenvalue weighted by molar-refractivity contribution is 6.28. The minimum Gasteiger partial charge on any atom is -0.356 e. The van der Waals surface area contributed by atoms with Gasteiger partial charge in [0.05, 0.1) is 0 Å². The number of anilines is 1. The first-order chi connectivity index (χ1) is 7.70. The predicted octanol–water partition coefficient (Wildman–Crippen LogP) is 3.06. The highest BCUT2D eigenvalue weighted by atomic mass is 35.5. The summed E-state index contributed by atoms with van der Waals surface area (Å²) in [6, 6.07) is 0. The topological polar surface area (TPSA) is 29.0 Å². The number of rotatable bonds is 2. The predicted molar refractivity (Wildman–Crippen MR) is 67.0 cm³/mol. The fourth-order valence-corrected chi connectivity index (χ4v) is 2.45. The Hall–Kier alpha value is -0.830. The molecule has 2 heterocycles. The lowest BCUT2D eigenvalue weighted by molar-refractivity contribution is 0.402. The summed E-state index contributed by atoms with van der Waals surface area (Å²) >= 11 is 5.86. The van der Waals surface area contributed by atoms with Gasteiger partial charge in [0, 0.05) is 24.8 Å². The lowest BCUT2D eigenvalue weighted by Gasteiger charge is -2.33. The molecule has 1 fully saturated rings. The fourth-order valence-electron chi connectivity index (χ4n) is 2.32. The zero-order valence-corrected chi connectivity index (χ0v) is 10.7. The van der Waals surface area contributed by atoms with E-state index in [9.17, 15) is 0 Å². The van der Waals surface area contributed by atoms with Gasteiger partial charge in [0.15, 0.2) is 0 Å². The molecule has 16 heavy (non-hydrogen) atoms. The van der Waals surface area contributed by atoms with E-state index in [-0.39, 0.29) is 0 Å². The van der Waals surface area contributed by atoms with Gasteiger partial charge >= 0.3 is 0 Å². The Balaban J connectivity index is 2.19. The molecule has 0 bridgehead atoms. The molecular weight excluding hydrogens is 222 g/mol. The molecule has 0 amide bonds. The number of nitrogens with zero attached hydrogens (tertiary/aromatic N) is 3. The van der Waals surface area contributed by atoms with Crippen molar-refractivity contribution in [3.63, 3.8) is 0 Å². The van der Waals surface area contributed by atoms with Crippen molar-refractivity contribution < 1.29 is 0 Å². The van der Waals surface area contributed by atoms with E-state index in [1.807, 2.05) is 6.92 Å². The van der Waals surface area contributed by atoms with Crippen LogP contribution >= 0.6 is 11.6 Å². The Morgan fingerprint density at radius 2 is 2.38 bits per heavy atom. The Morgan fingerprint density at radius 1 is 1.56 bits per heavy atom. The first-order valence-electron chi connectivity index (χ1n) is 5.94. The molecule has 0 saturated carbocycles. The molecule has 1 saturated heterocycles. The third-order valence-electron chi connectivity index (χ3n) is 3.31. The molecule has 1 atom stereocenters. The number of halogens is 1. The maximum absolute atomic E-state index is 5.86. The summed E-state index contributed by atoms with van der Waals surface area (Å²) in [4.78, 5) is 10.7. The second kappa shape index (κ2) is 5.00. The van der Waals surface area contributed by atoms with E-state index in [1.165, 1.54) is 19.3 Å². The molecule has 0 aliphatic carbocycles. The summed E-state index contributed by atoms with van der Waals surface area (Å²) in [6.07, 6.45) is 5.64. The summed E-state index contributed by atoms with van der Waals surface area (Å²) < 4.78 is 0. The summed E-state index contributed by atoms with van der Waals surface area (Å²) in [6.45, 7) is 6.49. The summed E-state index contributed by atoms with van der Waals surface area (Å²) in [5.41, 5.74) is 1.11. The third-order valence-corrected chi connectivity index (χ3v) is 3.49. The first-order valence-corrected chi connectivity index (χ1v) is 6.32. The number of aromatic nitrogens is 2. The molecule has 0 aromatic carbocycles. The molecule has 2 rings (SSSR count). The SMILES string of the molecule is CCC1CCCN(c2nc(Cl)ncc2C)C1. The van der Waals surface area contributed by atoms with Crippen molar-refractivity contribution in [2.45, 2.75) is 33.1 Å². The second-order valence-corrected chi connectivity index (χ2v) is 4.85. The van der Waals surface area contributed by atoms with Gasteiger partial charge in [-0.2, -0.15) is 0 Å². The first kappa shape index (κ1) is 11.6. The van der Waals surface area contributed by atoms with Gasteiger partial charge in [-0.15, -0.1) is 0 Å². The summed E-state index contributed by atoms with van der Waals surface area (Å²) in [5, 5.41) is 0.347. The van der Waals surface area contributed by atoms with Crippen molar-refractivity contribution in [1.82, 2.24) is 9.97 Å². The Labute approximate surface area is 102 Å². The zero-order chi connectivity index (χ0) is 11.5. The van der Waals surface area contributed by atoms with Gasteiger partial charge in [-0.25, -0.2) is 9.97 Å². The van der Waals surface area contributed by atoms with Gasteiger partial charge < -0.3 is 4.90 Å². The number of hydrogen-bond acceptors (Lipinski definition) is 3. The minimum atomic E-state index is 0.347. The van der Waals surface area contributed by atoms with Crippen LogP contribution in [0.2, 0.25) is 5.28 Å². The molecule has 1 unspecified atom stereocenters. The summed E-state index contributed by atoms with van der Waals surface area (Å²) in [7, 11) is 0. The van der Waals surface area contributed by atoms with E-state index < -0.39 is 0 Å². The maximum atomic E-state index is 5.86. The minimum absolute atomic E-state index is 0.347. The van der Waals surface area contributed by atoms with E-state index >= 15 is 0 Å². The van der Waals surface area contributed by atoms with Gasteiger partial charge in [0.25, 0.3) is 0 Å². The van der Waals surface area contributed by atoms with Crippen molar-refractivity contribution in [1.29, 1.82) is 0 Å². The molecule has 0 N–H and O–H groups in total. The van der Waals surface area contributed by atoms with Crippen LogP contribution < -0.4 is 4.90 Å². The zero-order valence-electron chi connectivity index (χ0n) is 9.91. The van der Waals surface area contributed by atoms with E-state index in [0.29, 0.717) is 5.28 Å². The van der Waals surface area contributed by atoms with E-state index in [2.05, 4.69) is 21.8 Å². The van der Waals surface area contributed by atoms with Gasteiger partial charge in [-0.05, 0) is 37.3 Å². The van der Waals surface area contributed by atoms with E-state index in [1.54, 1.807) is 6.20 Å². The molecule has 3 nitrogen and oxygen atoms in total. The monoisotopic (exact) mass is 239 g/mol. The molecule has 1 aliphatic heterocycles. The van der Waals surface area contributed by atoms with Crippen LogP contribution in [-0.2, 0) is 0 Å². The largest absolute Gasteiger partial charge is 0.356 e. The van der Waals surface area contributed by atoms with E-state index in [0.717, 1.165) is 30.4 Å². The van der Waals surface area contributed by atoms with Crippen LogP contribution in [0.25, 0.3) is 0 Å². The van der Waals surface area contributed by atoms with Gasteiger partial charge in [-0.1, -0.05) is 13.3 Å². The Bertz CT molecular complexity index is 367. The van der Waals surface area contributed by atoms with Crippen LogP contribution in [0.3, 0.4) is 0 Å². The highest BCUT2D eigenvalue weighted by Gasteiger charge is 2.21. The van der Waals surface area contributed by atoms with E-state index in [4.69, 9.17) is 11.6 Å². The van der Waals surface area contributed by atoms with Crippen LogP contribution in [0.4, 0.5) is 5.82 Å².